The number of fused-ring (bicyclic) bond motifs is 2. The lowest BCUT2D eigenvalue weighted by Crippen LogP contribution is -2.19. The van der Waals surface area contributed by atoms with Gasteiger partial charge in [-0.3, -0.25) is 9.98 Å². The molecule has 5 nitrogen and oxygen atoms in total. The van der Waals surface area contributed by atoms with Gasteiger partial charge in [0, 0.05) is 18.0 Å². The number of benzene rings is 3. The molecule has 1 fully saturated rings. The standard InChI is InChI=1S/C30H27F2N5/c1-19-24(11-7-15-33-19)35-26-17-28-30(18-27(26)34-20-8-3-2-4-9-20)37(21-13-14-22(31)23(32)16-21)29-12-6-5-10-25(29)36-28/h5-7,10-18,20,35H,2-4,8-9H2,1H3/b34-27+. The van der Waals surface area contributed by atoms with Gasteiger partial charge in [0.05, 0.1) is 50.9 Å². The highest BCUT2D eigenvalue weighted by Gasteiger charge is 2.19. The van der Waals surface area contributed by atoms with Crippen LogP contribution in [0, 0.1) is 18.6 Å². The van der Waals surface area contributed by atoms with Gasteiger partial charge in [-0.1, -0.05) is 31.4 Å². The maximum absolute atomic E-state index is 14.4. The number of pyridine rings is 1. The molecule has 0 radical (unpaired) electrons. The van der Waals surface area contributed by atoms with E-state index in [4.69, 9.17) is 9.98 Å². The molecule has 1 aromatic heterocycles. The topological polar surface area (TPSA) is 55.1 Å². The number of halogens is 2. The zero-order valence-electron chi connectivity index (χ0n) is 20.6. The molecule has 3 aromatic rings. The maximum Gasteiger partial charge on any atom is 0.160 e. The van der Waals surface area contributed by atoms with Crippen LogP contribution in [0.4, 0.5) is 20.2 Å². The summed E-state index contributed by atoms with van der Waals surface area (Å²) in [4.78, 5) is 14.5. The van der Waals surface area contributed by atoms with Crippen molar-refractivity contribution >= 4 is 22.4 Å². The molecule has 0 saturated heterocycles. The van der Waals surface area contributed by atoms with Crippen LogP contribution in [0.15, 0.2) is 77.9 Å². The van der Waals surface area contributed by atoms with Crippen molar-refractivity contribution in [3.05, 3.63) is 95.6 Å². The Bertz CT molecular complexity index is 1640. The molecule has 37 heavy (non-hydrogen) atoms. The van der Waals surface area contributed by atoms with E-state index in [9.17, 15) is 8.78 Å². The Labute approximate surface area is 213 Å². The quantitative estimate of drug-likeness (QED) is 0.271. The van der Waals surface area contributed by atoms with Gasteiger partial charge in [0.25, 0.3) is 0 Å². The molecule has 1 N–H and O–H groups in total. The minimum atomic E-state index is -0.892. The van der Waals surface area contributed by atoms with E-state index in [0.717, 1.165) is 63.8 Å². The Balaban J connectivity index is 1.64. The van der Waals surface area contributed by atoms with E-state index in [1.807, 2.05) is 60.0 Å². The Morgan fingerprint density at radius 1 is 0.892 bits per heavy atom. The van der Waals surface area contributed by atoms with Crippen molar-refractivity contribution in [3.63, 3.8) is 0 Å². The molecule has 0 amide bonds. The van der Waals surface area contributed by atoms with Crippen LogP contribution in [-0.4, -0.2) is 20.6 Å². The van der Waals surface area contributed by atoms with Gasteiger partial charge in [-0.2, -0.15) is 0 Å². The lowest BCUT2D eigenvalue weighted by atomic mass is 9.96. The summed E-state index contributed by atoms with van der Waals surface area (Å²) in [5.74, 6) is -1.77. The van der Waals surface area contributed by atoms with Gasteiger partial charge in [0.15, 0.2) is 11.6 Å². The second-order valence-corrected chi connectivity index (χ2v) is 9.57. The van der Waals surface area contributed by atoms with Crippen molar-refractivity contribution < 1.29 is 8.78 Å². The van der Waals surface area contributed by atoms with E-state index >= 15 is 0 Å². The van der Waals surface area contributed by atoms with E-state index in [-0.39, 0.29) is 6.04 Å². The highest BCUT2D eigenvalue weighted by molar-refractivity contribution is 5.84. The molecule has 0 unspecified atom stereocenters. The van der Waals surface area contributed by atoms with E-state index in [0.29, 0.717) is 5.69 Å². The van der Waals surface area contributed by atoms with Crippen LogP contribution in [0.1, 0.15) is 37.8 Å². The summed E-state index contributed by atoms with van der Waals surface area (Å²) in [6.07, 6.45) is 7.48. The summed E-state index contributed by atoms with van der Waals surface area (Å²) < 4.78 is 30.1. The van der Waals surface area contributed by atoms with E-state index in [1.165, 1.54) is 25.3 Å². The Hall–Kier alpha value is -4.13. The number of aromatic nitrogens is 3. The fourth-order valence-corrected chi connectivity index (χ4v) is 5.12. The molecule has 2 aromatic carbocycles. The fraction of sp³-hybridized carbons (Fsp3) is 0.233. The Morgan fingerprint density at radius 2 is 1.73 bits per heavy atom. The average Bonchev–Trinajstić information content (AvgIpc) is 2.91. The van der Waals surface area contributed by atoms with Crippen LogP contribution in [0.3, 0.4) is 0 Å². The summed E-state index contributed by atoms with van der Waals surface area (Å²) in [6, 6.07) is 19.8. The van der Waals surface area contributed by atoms with Crippen LogP contribution in [-0.2, 0) is 0 Å². The average molecular weight is 496 g/mol. The van der Waals surface area contributed by atoms with Crippen molar-refractivity contribution in [2.24, 2.45) is 4.99 Å². The monoisotopic (exact) mass is 495 g/mol. The number of anilines is 2. The Kier molecular flexibility index (Phi) is 6.12. The van der Waals surface area contributed by atoms with E-state index < -0.39 is 11.6 Å². The third-order valence-electron chi connectivity index (χ3n) is 7.03. The lowest BCUT2D eigenvalue weighted by Gasteiger charge is -2.22. The summed E-state index contributed by atoms with van der Waals surface area (Å²) >= 11 is 0. The first kappa shape index (κ1) is 23.3. The zero-order valence-corrected chi connectivity index (χ0v) is 20.6. The van der Waals surface area contributed by atoms with Crippen LogP contribution < -0.4 is 10.7 Å². The number of hydrogen-bond acceptors (Lipinski definition) is 4. The molecule has 0 spiro atoms. The van der Waals surface area contributed by atoms with Gasteiger partial charge >= 0.3 is 0 Å². The molecule has 6 rings (SSSR count). The van der Waals surface area contributed by atoms with Crippen molar-refractivity contribution in [1.82, 2.24) is 14.5 Å². The summed E-state index contributed by atoms with van der Waals surface area (Å²) in [6.45, 7) is 1.96. The molecular weight excluding hydrogens is 468 g/mol. The first-order chi connectivity index (χ1) is 18.1. The lowest BCUT2D eigenvalue weighted by molar-refractivity contribution is 0.437. The number of hydrogen-bond donors (Lipinski definition) is 1. The number of para-hydroxylation sites is 2. The van der Waals surface area contributed by atoms with Crippen LogP contribution >= 0.6 is 0 Å². The van der Waals surface area contributed by atoms with E-state index in [1.54, 1.807) is 12.3 Å². The summed E-state index contributed by atoms with van der Waals surface area (Å²) in [5.41, 5.74) is 6.19. The number of nitrogens with one attached hydrogen (secondary N) is 1. The highest BCUT2D eigenvalue weighted by atomic mass is 19.2. The molecule has 0 atom stereocenters. The molecule has 186 valence electrons. The van der Waals surface area contributed by atoms with Gasteiger partial charge in [0.2, 0.25) is 0 Å². The minimum absolute atomic E-state index is 0.242. The molecular formula is C30H27F2N5. The molecule has 2 aliphatic carbocycles. The van der Waals surface area contributed by atoms with Gasteiger partial charge in [-0.25, -0.2) is 13.8 Å². The summed E-state index contributed by atoms with van der Waals surface area (Å²) in [7, 11) is 0. The largest absolute Gasteiger partial charge is 0.352 e. The molecule has 3 aliphatic rings. The molecule has 2 heterocycles. The minimum Gasteiger partial charge on any atom is -0.352 e. The molecule has 1 saturated carbocycles. The van der Waals surface area contributed by atoms with Gasteiger partial charge < -0.3 is 9.88 Å². The first-order valence-corrected chi connectivity index (χ1v) is 12.7. The van der Waals surface area contributed by atoms with Crippen molar-refractivity contribution in [2.45, 2.75) is 45.1 Å². The van der Waals surface area contributed by atoms with Gasteiger partial charge in [0.1, 0.15) is 0 Å². The maximum atomic E-state index is 14.4. The fourth-order valence-electron chi connectivity index (χ4n) is 5.12. The predicted octanol–water partition coefficient (Wildman–Crippen LogP) is 7.09. The first-order valence-electron chi connectivity index (χ1n) is 12.7. The van der Waals surface area contributed by atoms with Crippen LogP contribution in [0.25, 0.3) is 28.1 Å². The third kappa shape index (κ3) is 4.57. The second-order valence-electron chi connectivity index (χ2n) is 9.57. The number of nitrogens with zero attached hydrogens (tertiary/aromatic N) is 4. The molecule has 1 aliphatic heterocycles. The number of rotatable bonds is 4. The summed E-state index contributed by atoms with van der Waals surface area (Å²) in [5, 5.41) is 4.35. The third-order valence-corrected chi connectivity index (χ3v) is 7.03. The Morgan fingerprint density at radius 3 is 2.54 bits per heavy atom. The second kappa shape index (κ2) is 9.73. The van der Waals surface area contributed by atoms with Crippen LogP contribution in [0.2, 0.25) is 0 Å². The zero-order chi connectivity index (χ0) is 25.4. The SMILES string of the molecule is Cc1ncccc1Nc1cc2nc3ccccc3n(-c3ccc(F)c(F)c3)c-2c/c1=N\C1CCCCC1. The van der Waals surface area contributed by atoms with E-state index in [2.05, 4.69) is 10.3 Å². The highest BCUT2D eigenvalue weighted by Crippen LogP contribution is 2.31. The van der Waals surface area contributed by atoms with Crippen molar-refractivity contribution in [2.75, 3.05) is 5.32 Å². The smallest absolute Gasteiger partial charge is 0.160 e. The van der Waals surface area contributed by atoms with Crippen molar-refractivity contribution in [1.29, 1.82) is 0 Å². The molecule has 0 bridgehead atoms. The predicted molar refractivity (Wildman–Crippen MR) is 142 cm³/mol. The number of aryl methyl sites for hydroxylation is 1. The van der Waals surface area contributed by atoms with Crippen molar-refractivity contribution in [3.8, 4) is 17.1 Å². The normalized spacial score (nSPS) is 14.9. The van der Waals surface area contributed by atoms with Crippen LogP contribution in [0.5, 0.6) is 0 Å². The van der Waals surface area contributed by atoms with Gasteiger partial charge in [-0.05, 0) is 68.3 Å². The van der Waals surface area contributed by atoms with Gasteiger partial charge in [-0.15, -0.1) is 0 Å². The molecule has 7 heteroatoms.